The van der Waals surface area contributed by atoms with Crippen LogP contribution < -0.4 is 5.73 Å². The number of halogens is 2. The average molecular weight is 321 g/mol. The molecule has 1 aliphatic heterocycles. The molecule has 1 heterocycles. The Kier molecular flexibility index (Phi) is 3.29. The van der Waals surface area contributed by atoms with Crippen LogP contribution in [-0.4, -0.2) is 4.90 Å². The molecule has 0 atom stereocenters. The molecule has 0 aliphatic carbocycles. The fourth-order valence-corrected chi connectivity index (χ4v) is 2.91. The predicted octanol–water partition coefficient (Wildman–Crippen LogP) is 3.69. The van der Waals surface area contributed by atoms with Gasteiger partial charge in [0.05, 0.1) is 0 Å². The zero-order chi connectivity index (χ0) is 13.4. The summed E-state index contributed by atoms with van der Waals surface area (Å²) in [5.74, 6) is -0.154. The van der Waals surface area contributed by atoms with E-state index in [1.54, 1.807) is 6.07 Å². The van der Waals surface area contributed by atoms with E-state index in [-0.39, 0.29) is 5.82 Å². The Hall–Kier alpha value is -1.39. The monoisotopic (exact) mass is 320 g/mol. The number of rotatable bonds is 2. The first-order valence-electron chi connectivity index (χ1n) is 6.15. The molecule has 4 heteroatoms. The highest BCUT2D eigenvalue weighted by atomic mass is 79.9. The topological polar surface area (TPSA) is 29.3 Å². The molecule has 2 N–H and O–H groups in total. The van der Waals surface area contributed by atoms with Crippen molar-refractivity contribution in [2.75, 3.05) is 5.73 Å². The quantitative estimate of drug-likeness (QED) is 0.855. The summed E-state index contributed by atoms with van der Waals surface area (Å²) in [5.41, 5.74) is 9.82. The van der Waals surface area contributed by atoms with Crippen molar-refractivity contribution in [1.29, 1.82) is 0 Å². The Morgan fingerprint density at radius 3 is 2.74 bits per heavy atom. The number of nitrogen functional groups attached to an aromatic ring is 1. The Morgan fingerprint density at radius 1 is 1.11 bits per heavy atom. The number of nitrogens with two attached hydrogens (primary N) is 1. The van der Waals surface area contributed by atoms with Crippen molar-refractivity contribution in [3.63, 3.8) is 0 Å². The van der Waals surface area contributed by atoms with E-state index in [1.807, 2.05) is 18.2 Å². The molecule has 19 heavy (non-hydrogen) atoms. The molecule has 0 fully saturated rings. The molecule has 0 aromatic heterocycles. The summed E-state index contributed by atoms with van der Waals surface area (Å²) in [6.07, 6.45) is 0. The summed E-state index contributed by atoms with van der Waals surface area (Å²) < 4.78 is 14.7. The zero-order valence-corrected chi connectivity index (χ0v) is 12.0. The maximum absolute atomic E-state index is 13.7. The van der Waals surface area contributed by atoms with Crippen LogP contribution >= 0.6 is 15.9 Å². The third-order valence-corrected chi connectivity index (χ3v) is 3.91. The summed E-state index contributed by atoms with van der Waals surface area (Å²) >= 11 is 3.38. The maximum Gasteiger partial charge on any atom is 0.127 e. The highest BCUT2D eigenvalue weighted by Gasteiger charge is 2.20. The first-order valence-corrected chi connectivity index (χ1v) is 6.95. The molecule has 0 radical (unpaired) electrons. The van der Waals surface area contributed by atoms with Crippen LogP contribution in [0.2, 0.25) is 0 Å². The Labute approximate surface area is 120 Å². The van der Waals surface area contributed by atoms with Gasteiger partial charge in [-0.1, -0.05) is 22.0 Å². The van der Waals surface area contributed by atoms with Gasteiger partial charge in [0.15, 0.2) is 0 Å². The van der Waals surface area contributed by atoms with Gasteiger partial charge in [0.25, 0.3) is 0 Å². The van der Waals surface area contributed by atoms with E-state index in [0.29, 0.717) is 6.54 Å². The first kappa shape index (κ1) is 12.6. The van der Waals surface area contributed by atoms with Crippen LogP contribution in [-0.2, 0) is 19.6 Å². The second kappa shape index (κ2) is 4.94. The molecular weight excluding hydrogens is 307 g/mol. The van der Waals surface area contributed by atoms with Crippen molar-refractivity contribution >= 4 is 21.6 Å². The smallest absolute Gasteiger partial charge is 0.127 e. The number of fused-ring (bicyclic) bond motifs is 1. The van der Waals surface area contributed by atoms with Gasteiger partial charge in [-0.05, 0) is 41.5 Å². The minimum Gasteiger partial charge on any atom is -0.399 e. The molecule has 0 unspecified atom stereocenters. The lowest BCUT2D eigenvalue weighted by atomic mass is 10.1. The molecule has 1 aliphatic rings. The molecule has 3 rings (SSSR count). The van der Waals surface area contributed by atoms with Crippen LogP contribution in [0.15, 0.2) is 40.9 Å². The van der Waals surface area contributed by atoms with Gasteiger partial charge in [-0.3, -0.25) is 4.90 Å². The SMILES string of the molecule is Nc1ccc2c(c1)CN(Cc1cc(Br)ccc1F)C2. The summed E-state index contributed by atoms with van der Waals surface area (Å²) in [4.78, 5) is 2.22. The Morgan fingerprint density at radius 2 is 1.89 bits per heavy atom. The second-order valence-electron chi connectivity index (χ2n) is 4.91. The van der Waals surface area contributed by atoms with Gasteiger partial charge < -0.3 is 5.73 Å². The van der Waals surface area contributed by atoms with Gasteiger partial charge in [-0.25, -0.2) is 4.39 Å². The van der Waals surface area contributed by atoms with Gasteiger partial charge in [0.2, 0.25) is 0 Å². The van der Waals surface area contributed by atoms with Crippen LogP contribution in [0.5, 0.6) is 0 Å². The summed E-state index contributed by atoms with van der Waals surface area (Å²) in [6.45, 7) is 2.29. The minimum atomic E-state index is -0.154. The molecule has 0 spiro atoms. The van der Waals surface area contributed by atoms with E-state index in [2.05, 4.69) is 26.9 Å². The largest absolute Gasteiger partial charge is 0.399 e. The van der Waals surface area contributed by atoms with Crippen molar-refractivity contribution in [2.24, 2.45) is 0 Å². The van der Waals surface area contributed by atoms with Crippen LogP contribution in [0.3, 0.4) is 0 Å². The fraction of sp³-hybridized carbons (Fsp3) is 0.200. The van der Waals surface area contributed by atoms with Crippen LogP contribution in [0.25, 0.3) is 0 Å². The summed E-state index contributed by atoms with van der Waals surface area (Å²) in [6, 6.07) is 11.0. The fourth-order valence-electron chi connectivity index (χ4n) is 2.50. The van der Waals surface area contributed by atoms with Crippen LogP contribution in [0, 0.1) is 5.82 Å². The molecule has 98 valence electrons. The van der Waals surface area contributed by atoms with E-state index in [9.17, 15) is 4.39 Å². The zero-order valence-electron chi connectivity index (χ0n) is 10.4. The predicted molar refractivity (Wildman–Crippen MR) is 77.9 cm³/mol. The van der Waals surface area contributed by atoms with Gasteiger partial charge >= 0.3 is 0 Å². The number of nitrogens with zero attached hydrogens (tertiary/aromatic N) is 1. The number of hydrogen-bond acceptors (Lipinski definition) is 2. The van der Waals surface area contributed by atoms with Crippen LogP contribution in [0.4, 0.5) is 10.1 Å². The van der Waals surface area contributed by atoms with Gasteiger partial charge in [-0.2, -0.15) is 0 Å². The normalized spacial score (nSPS) is 14.6. The third kappa shape index (κ3) is 2.65. The van der Waals surface area contributed by atoms with E-state index in [1.165, 1.54) is 17.2 Å². The Bertz CT molecular complexity index is 628. The van der Waals surface area contributed by atoms with Gasteiger partial charge in [-0.15, -0.1) is 0 Å². The van der Waals surface area contributed by atoms with Crippen molar-refractivity contribution in [3.05, 3.63) is 63.4 Å². The molecular formula is C15H14BrFN2. The van der Waals surface area contributed by atoms with Crippen molar-refractivity contribution in [2.45, 2.75) is 19.6 Å². The number of anilines is 1. The summed E-state index contributed by atoms with van der Waals surface area (Å²) in [7, 11) is 0. The molecule has 0 bridgehead atoms. The molecule has 0 saturated carbocycles. The van der Waals surface area contributed by atoms with E-state index >= 15 is 0 Å². The molecule has 2 aromatic rings. The first-order chi connectivity index (χ1) is 9.11. The lowest BCUT2D eigenvalue weighted by Gasteiger charge is -2.15. The minimum absolute atomic E-state index is 0.154. The molecule has 2 aromatic carbocycles. The van der Waals surface area contributed by atoms with Crippen molar-refractivity contribution in [3.8, 4) is 0 Å². The Balaban J connectivity index is 1.78. The van der Waals surface area contributed by atoms with Crippen molar-refractivity contribution < 1.29 is 4.39 Å². The lowest BCUT2D eigenvalue weighted by Crippen LogP contribution is -2.16. The second-order valence-corrected chi connectivity index (χ2v) is 5.82. The van der Waals surface area contributed by atoms with Crippen molar-refractivity contribution in [1.82, 2.24) is 4.90 Å². The highest BCUT2D eigenvalue weighted by molar-refractivity contribution is 9.10. The van der Waals surface area contributed by atoms with E-state index in [0.717, 1.165) is 28.8 Å². The number of benzene rings is 2. The third-order valence-electron chi connectivity index (χ3n) is 3.42. The average Bonchev–Trinajstić information content (AvgIpc) is 2.75. The maximum atomic E-state index is 13.7. The molecule has 2 nitrogen and oxygen atoms in total. The molecule has 0 amide bonds. The standard InChI is InChI=1S/C15H14BrFN2/c16-13-2-4-15(17)12(5-13)9-19-7-10-1-3-14(18)6-11(10)8-19/h1-6H,7-9,18H2. The number of hydrogen-bond donors (Lipinski definition) is 1. The lowest BCUT2D eigenvalue weighted by molar-refractivity contribution is 0.271. The summed E-state index contributed by atoms with van der Waals surface area (Å²) in [5, 5.41) is 0. The van der Waals surface area contributed by atoms with Crippen LogP contribution in [0.1, 0.15) is 16.7 Å². The van der Waals surface area contributed by atoms with Gasteiger partial charge in [0.1, 0.15) is 5.82 Å². The highest BCUT2D eigenvalue weighted by Crippen LogP contribution is 2.27. The van der Waals surface area contributed by atoms with E-state index in [4.69, 9.17) is 5.73 Å². The van der Waals surface area contributed by atoms with E-state index < -0.39 is 0 Å². The molecule has 0 saturated heterocycles. The van der Waals surface area contributed by atoms with Gasteiger partial charge in [0, 0.05) is 35.4 Å².